The van der Waals surface area contributed by atoms with E-state index in [0.29, 0.717) is 13.1 Å². The molecule has 1 unspecified atom stereocenters. The molecule has 92 valence electrons. The SMILES string of the molecule is CC(C)(C)[Si](C)(C)N=S(C)(=O)NCCN. The van der Waals surface area contributed by atoms with E-state index in [0.717, 1.165) is 0 Å². The zero-order valence-corrected chi connectivity index (χ0v) is 12.6. The average molecular weight is 251 g/mol. The van der Waals surface area contributed by atoms with Crippen LogP contribution in [0.4, 0.5) is 0 Å². The van der Waals surface area contributed by atoms with E-state index in [1.807, 2.05) is 0 Å². The molecule has 0 spiro atoms. The van der Waals surface area contributed by atoms with E-state index in [9.17, 15) is 4.21 Å². The Bertz CT molecular complexity index is 314. The molecule has 0 aliphatic carbocycles. The van der Waals surface area contributed by atoms with Crippen LogP contribution in [-0.4, -0.2) is 31.8 Å². The van der Waals surface area contributed by atoms with Crippen LogP contribution in [0.5, 0.6) is 0 Å². The van der Waals surface area contributed by atoms with E-state index in [-0.39, 0.29) is 5.04 Å². The Morgan fingerprint density at radius 2 is 1.87 bits per heavy atom. The molecule has 0 amide bonds. The summed E-state index contributed by atoms with van der Waals surface area (Å²) in [5.41, 5.74) is 5.37. The van der Waals surface area contributed by atoms with E-state index in [4.69, 9.17) is 5.73 Å². The predicted molar refractivity (Wildman–Crippen MR) is 70.7 cm³/mol. The van der Waals surface area contributed by atoms with Crippen molar-refractivity contribution in [3.05, 3.63) is 0 Å². The van der Waals surface area contributed by atoms with Gasteiger partial charge in [0, 0.05) is 19.3 Å². The normalized spacial score (nSPS) is 17.3. The third-order valence-corrected chi connectivity index (χ3v) is 10.4. The third-order valence-electron chi connectivity index (χ3n) is 2.75. The molecule has 1 atom stereocenters. The first-order valence-corrected chi connectivity index (χ1v) is 10.1. The van der Waals surface area contributed by atoms with Gasteiger partial charge in [0.15, 0.2) is 8.24 Å². The molecule has 0 saturated heterocycles. The summed E-state index contributed by atoms with van der Waals surface area (Å²) in [4.78, 5) is 0. The van der Waals surface area contributed by atoms with Gasteiger partial charge in [0.2, 0.25) is 0 Å². The van der Waals surface area contributed by atoms with Crippen LogP contribution in [-0.2, 0) is 9.92 Å². The molecule has 0 aromatic heterocycles. The molecule has 0 fully saturated rings. The summed E-state index contributed by atoms with van der Waals surface area (Å²) in [6, 6.07) is 0. The lowest BCUT2D eigenvalue weighted by atomic mass is 10.2. The van der Waals surface area contributed by atoms with Crippen LogP contribution in [0.1, 0.15) is 20.8 Å². The molecule has 0 heterocycles. The maximum Gasteiger partial charge on any atom is 0.194 e. The van der Waals surface area contributed by atoms with Gasteiger partial charge in [-0.2, -0.15) is 0 Å². The van der Waals surface area contributed by atoms with Gasteiger partial charge >= 0.3 is 0 Å². The third kappa shape index (κ3) is 5.10. The number of hydrogen-bond acceptors (Lipinski definition) is 3. The fourth-order valence-corrected chi connectivity index (χ4v) is 6.19. The van der Waals surface area contributed by atoms with Crippen LogP contribution < -0.4 is 10.5 Å². The van der Waals surface area contributed by atoms with Crippen molar-refractivity contribution < 1.29 is 4.21 Å². The number of rotatable bonds is 4. The number of nitrogens with zero attached hydrogens (tertiary/aromatic N) is 1. The Morgan fingerprint density at radius 1 is 1.40 bits per heavy atom. The van der Waals surface area contributed by atoms with E-state index >= 15 is 0 Å². The lowest BCUT2D eigenvalue weighted by Crippen LogP contribution is -2.39. The van der Waals surface area contributed by atoms with Crippen LogP contribution in [0.25, 0.3) is 0 Å². The van der Waals surface area contributed by atoms with Crippen LogP contribution in [0, 0.1) is 0 Å². The zero-order valence-electron chi connectivity index (χ0n) is 10.8. The van der Waals surface area contributed by atoms with Gasteiger partial charge in [-0.3, -0.25) is 4.03 Å². The van der Waals surface area contributed by atoms with Gasteiger partial charge in [-0.25, -0.2) is 8.93 Å². The van der Waals surface area contributed by atoms with Gasteiger partial charge in [-0.1, -0.05) is 20.8 Å². The minimum absolute atomic E-state index is 0.121. The summed E-state index contributed by atoms with van der Waals surface area (Å²) in [5, 5.41) is 0.121. The maximum atomic E-state index is 12.1. The van der Waals surface area contributed by atoms with Gasteiger partial charge in [-0.15, -0.1) is 0 Å². The zero-order chi connectivity index (χ0) is 12.3. The molecule has 0 rings (SSSR count). The van der Waals surface area contributed by atoms with Crippen molar-refractivity contribution in [1.29, 1.82) is 0 Å². The molecule has 15 heavy (non-hydrogen) atoms. The van der Waals surface area contributed by atoms with Crippen LogP contribution in [0.2, 0.25) is 18.1 Å². The molecule has 0 aromatic carbocycles. The van der Waals surface area contributed by atoms with E-state index < -0.39 is 18.2 Å². The van der Waals surface area contributed by atoms with Crippen molar-refractivity contribution in [1.82, 2.24) is 4.72 Å². The second-order valence-corrected chi connectivity index (χ2v) is 12.6. The van der Waals surface area contributed by atoms with Crippen LogP contribution in [0.15, 0.2) is 4.03 Å². The minimum atomic E-state index is -2.28. The fourth-order valence-electron chi connectivity index (χ4n) is 0.853. The highest BCUT2D eigenvalue weighted by molar-refractivity contribution is 7.91. The Morgan fingerprint density at radius 3 is 2.20 bits per heavy atom. The summed E-state index contributed by atoms with van der Waals surface area (Å²) in [5.74, 6) is 0. The largest absolute Gasteiger partial charge is 0.329 e. The number of hydrogen-bond donors (Lipinski definition) is 2. The second kappa shape index (κ2) is 4.95. The molecular weight excluding hydrogens is 226 g/mol. The molecule has 0 aromatic rings. The van der Waals surface area contributed by atoms with E-state index in [1.54, 1.807) is 6.26 Å². The molecule has 0 saturated carbocycles. The summed E-state index contributed by atoms with van der Waals surface area (Å²) < 4.78 is 19.6. The highest BCUT2D eigenvalue weighted by Gasteiger charge is 2.36. The van der Waals surface area contributed by atoms with Crippen LogP contribution in [0.3, 0.4) is 0 Å². The summed E-state index contributed by atoms with van der Waals surface area (Å²) in [6.45, 7) is 11.8. The second-order valence-electron chi connectivity index (χ2n) is 5.39. The monoisotopic (exact) mass is 251 g/mol. The van der Waals surface area contributed by atoms with Gasteiger partial charge in [-0.05, 0) is 18.1 Å². The van der Waals surface area contributed by atoms with Gasteiger partial charge in [0.25, 0.3) is 0 Å². The quantitative estimate of drug-likeness (QED) is 0.745. The topological polar surface area (TPSA) is 67.5 Å². The summed E-state index contributed by atoms with van der Waals surface area (Å²) in [6.07, 6.45) is 1.66. The fraction of sp³-hybridized carbons (Fsp3) is 1.00. The number of nitrogens with one attached hydrogen (secondary N) is 1. The van der Waals surface area contributed by atoms with Crippen molar-refractivity contribution in [3.63, 3.8) is 0 Å². The number of nitrogens with two attached hydrogens (primary N) is 1. The molecule has 0 radical (unpaired) electrons. The maximum absolute atomic E-state index is 12.1. The molecular formula is C9H25N3OSSi. The van der Waals surface area contributed by atoms with Crippen molar-refractivity contribution >= 4 is 18.2 Å². The summed E-state index contributed by atoms with van der Waals surface area (Å²) >= 11 is 0. The van der Waals surface area contributed by atoms with Crippen LogP contribution >= 0.6 is 0 Å². The predicted octanol–water partition coefficient (Wildman–Crippen LogP) is 1.55. The summed E-state index contributed by atoms with van der Waals surface area (Å²) in [7, 11) is -4.12. The van der Waals surface area contributed by atoms with Gasteiger partial charge in [0.05, 0.1) is 9.92 Å². The minimum Gasteiger partial charge on any atom is -0.329 e. The van der Waals surface area contributed by atoms with Crippen molar-refractivity contribution in [2.45, 2.75) is 38.9 Å². The standard InChI is InChI=1S/C9H25N3OSSi/c1-9(2,3)15(5,6)12-14(4,13)11-8-7-10/h7-8,10H2,1-6H3,(H,11,12,13). The van der Waals surface area contributed by atoms with Crippen molar-refractivity contribution in [2.75, 3.05) is 19.3 Å². The highest BCUT2D eigenvalue weighted by Crippen LogP contribution is 2.37. The molecule has 0 aliphatic heterocycles. The molecule has 6 heteroatoms. The first-order valence-electron chi connectivity index (χ1n) is 5.20. The van der Waals surface area contributed by atoms with Crippen molar-refractivity contribution in [2.24, 2.45) is 9.76 Å². The Kier molecular flexibility index (Phi) is 4.97. The highest BCUT2D eigenvalue weighted by atomic mass is 32.2. The lowest BCUT2D eigenvalue weighted by Gasteiger charge is -2.32. The molecule has 3 N–H and O–H groups in total. The van der Waals surface area contributed by atoms with E-state index in [2.05, 4.69) is 42.6 Å². The van der Waals surface area contributed by atoms with Gasteiger partial charge in [0.1, 0.15) is 0 Å². The van der Waals surface area contributed by atoms with Crippen molar-refractivity contribution in [3.8, 4) is 0 Å². The average Bonchev–Trinajstić information content (AvgIpc) is 1.96. The molecule has 0 aliphatic rings. The Labute approximate surface area is 95.4 Å². The molecule has 0 bridgehead atoms. The lowest BCUT2D eigenvalue weighted by molar-refractivity contribution is 0.667. The Hall–Kier alpha value is 0.0869. The van der Waals surface area contributed by atoms with E-state index in [1.165, 1.54) is 0 Å². The first kappa shape index (κ1) is 15.1. The molecule has 4 nitrogen and oxygen atoms in total. The first-order chi connectivity index (χ1) is 6.52. The van der Waals surface area contributed by atoms with Gasteiger partial charge < -0.3 is 5.73 Å². The Balaban J connectivity index is 4.95. The smallest absolute Gasteiger partial charge is 0.194 e.